The van der Waals surface area contributed by atoms with Gasteiger partial charge in [0, 0.05) is 48.5 Å². The minimum absolute atomic E-state index is 0.162. The van der Waals surface area contributed by atoms with Crippen LogP contribution in [0, 0.1) is 0 Å². The minimum Gasteiger partial charge on any atom is -0.444 e. The quantitative estimate of drug-likeness (QED) is 0.391. The first-order valence-electron chi connectivity index (χ1n) is 13.5. The van der Waals surface area contributed by atoms with Crippen LogP contribution in [0.2, 0.25) is 5.02 Å². The predicted molar refractivity (Wildman–Crippen MR) is 154 cm³/mol. The third kappa shape index (κ3) is 7.34. The molecule has 40 heavy (non-hydrogen) atoms. The summed E-state index contributed by atoms with van der Waals surface area (Å²) in [6, 6.07) is 14.9. The number of piperidine rings is 1. The van der Waals surface area contributed by atoms with E-state index in [2.05, 4.69) is 10.3 Å². The highest BCUT2D eigenvalue weighted by Gasteiger charge is 2.36. The van der Waals surface area contributed by atoms with Crippen molar-refractivity contribution in [2.24, 2.45) is 0 Å². The molecular formula is C30H37ClN4O5. The molecule has 214 valence electrons. The lowest BCUT2D eigenvalue weighted by atomic mass is 9.98. The highest BCUT2D eigenvalue weighted by molar-refractivity contribution is 6.31. The molecule has 1 aliphatic rings. The lowest BCUT2D eigenvalue weighted by Crippen LogP contribution is -2.57. The van der Waals surface area contributed by atoms with Gasteiger partial charge in [0.1, 0.15) is 17.3 Å². The number of likely N-dealkylation sites (tertiary alicyclic amines) is 1. The number of hydrogen-bond acceptors (Lipinski definition) is 5. The summed E-state index contributed by atoms with van der Waals surface area (Å²) in [6.07, 6.45) is -0.241. The summed E-state index contributed by atoms with van der Waals surface area (Å²) in [7, 11) is 1.68. The normalized spacial score (nSPS) is 15.9. The summed E-state index contributed by atoms with van der Waals surface area (Å²) in [5.74, 6) is -0.905. The molecule has 2 aromatic carbocycles. The first-order chi connectivity index (χ1) is 18.9. The Morgan fingerprint density at radius 1 is 1.12 bits per heavy atom. The molecule has 3 N–H and O–H groups in total. The van der Waals surface area contributed by atoms with Crippen LogP contribution in [-0.4, -0.2) is 81.7 Å². The van der Waals surface area contributed by atoms with Gasteiger partial charge in [0.25, 0.3) is 5.91 Å². The average molecular weight is 569 g/mol. The average Bonchev–Trinajstić information content (AvgIpc) is 3.34. The second-order valence-corrected chi connectivity index (χ2v) is 11.7. The molecule has 2 heterocycles. The monoisotopic (exact) mass is 568 g/mol. The van der Waals surface area contributed by atoms with Crippen LogP contribution in [0.4, 0.5) is 4.79 Å². The molecule has 3 aromatic rings. The number of nitrogens with one attached hydrogen (secondary N) is 2. The highest BCUT2D eigenvalue weighted by Crippen LogP contribution is 2.22. The van der Waals surface area contributed by atoms with Crippen LogP contribution in [-0.2, 0) is 16.0 Å². The van der Waals surface area contributed by atoms with Gasteiger partial charge in [-0.3, -0.25) is 9.59 Å². The zero-order valence-electron chi connectivity index (χ0n) is 23.3. The van der Waals surface area contributed by atoms with Crippen molar-refractivity contribution in [2.75, 3.05) is 20.1 Å². The van der Waals surface area contributed by atoms with E-state index in [0.29, 0.717) is 31.0 Å². The van der Waals surface area contributed by atoms with E-state index in [1.165, 1.54) is 0 Å². The van der Waals surface area contributed by atoms with Gasteiger partial charge >= 0.3 is 6.09 Å². The first-order valence-corrected chi connectivity index (χ1v) is 13.8. The molecule has 0 unspecified atom stereocenters. The van der Waals surface area contributed by atoms with Crippen LogP contribution in [0.1, 0.15) is 49.7 Å². The van der Waals surface area contributed by atoms with Crippen molar-refractivity contribution < 1.29 is 24.2 Å². The third-order valence-electron chi connectivity index (χ3n) is 7.06. The molecule has 10 heteroatoms. The van der Waals surface area contributed by atoms with E-state index in [4.69, 9.17) is 16.3 Å². The number of carbonyl (C=O) groups excluding carboxylic acids is 3. The van der Waals surface area contributed by atoms with E-state index in [9.17, 15) is 19.5 Å². The Labute approximate surface area is 239 Å². The van der Waals surface area contributed by atoms with Crippen LogP contribution < -0.4 is 5.32 Å². The van der Waals surface area contributed by atoms with Gasteiger partial charge in [0.05, 0.1) is 6.10 Å². The smallest absolute Gasteiger partial charge is 0.410 e. The topological polar surface area (TPSA) is 115 Å². The fourth-order valence-electron chi connectivity index (χ4n) is 4.90. The second kappa shape index (κ2) is 12.3. The molecule has 0 aliphatic carbocycles. The lowest BCUT2D eigenvalue weighted by molar-refractivity contribution is -0.137. The molecule has 1 saturated heterocycles. The predicted octanol–water partition coefficient (Wildman–Crippen LogP) is 4.38. The summed E-state index contributed by atoms with van der Waals surface area (Å²) in [4.78, 5) is 45.8. The van der Waals surface area contributed by atoms with Gasteiger partial charge in [-0.1, -0.05) is 41.9 Å². The van der Waals surface area contributed by atoms with Gasteiger partial charge in [-0.2, -0.15) is 0 Å². The van der Waals surface area contributed by atoms with Crippen LogP contribution in [0.25, 0.3) is 10.9 Å². The van der Waals surface area contributed by atoms with Crippen molar-refractivity contribution >= 4 is 40.4 Å². The standard InChI is InChI=1S/C30H37ClN4O5/c1-30(2,3)40-29(39)35-14-12-22(13-15-35)34(4)28(38)26(25(36)16-19-8-6-5-7-9-19)33-27(37)24-18-20-17-21(31)10-11-23(20)32-24/h5-11,17-18,22,25-26,32,36H,12-16H2,1-4H3,(H,33,37)/t25-,26+/m0/s1. The number of benzene rings is 2. The number of amides is 3. The minimum atomic E-state index is -1.18. The molecule has 0 spiro atoms. The summed E-state index contributed by atoms with van der Waals surface area (Å²) in [6.45, 7) is 6.36. The number of halogens is 1. The second-order valence-electron chi connectivity index (χ2n) is 11.3. The summed E-state index contributed by atoms with van der Waals surface area (Å²) in [5.41, 5.74) is 1.25. The Morgan fingerprint density at radius 3 is 2.45 bits per heavy atom. The Hall–Kier alpha value is -3.56. The maximum absolute atomic E-state index is 13.8. The fourth-order valence-corrected chi connectivity index (χ4v) is 5.08. The van der Waals surface area contributed by atoms with Crippen molar-refractivity contribution in [3.63, 3.8) is 0 Å². The van der Waals surface area contributed by atoms with Gasteiger partial charge < -0.3 is 29.9 Å². The molecule has 4 rings (SSSR count). The van der Waals surface area contributed by atoms with E-state index in [1.54, 1.807) is 41.1 Å². The molecule has 0 bridgehead atoms. The molecule has 1 aromatic heterocycles. The number of H-pyrrole nitrogens is 1. The zero-order chi connectivity index (χ0) is 29.0. The Bertz CT molecular complexity index is 1350. The van der Waals surface area contributed by atoms with Gasteiger partial charge in [0.2, 0.25) is 5.91 Å². The Morgan fingerprint density at radius 2 is 1.80 bits per heavy atom. The molecule has 0 radical (unpaired) electrons. The largest absolute Gasteiger partial charge is 0.444 e. The molecule has 3 amide bonds. The van der Waals surface area contributed by atoms with Gasteiger partial charge in [-0.05, 0) is 63.4 Å². The van der Waals surface area contributed by atoms with Gasteiger partial charge in [-0.15, -0.1) is 0 Å². The number of likely N-dealkylation sites (N-methyl/N-ethyl adjacent to an activating group) is 1. The number of aromatic nitrogens is 1. The van der Waals surface area contributed by atoms with Crippen molar-refractivity contribution in [3.8, 4) is 0 Å². The van der Waals surface area contributed by atoms with Gasteiger partial charge in [0.15, 0.2) is 0 Å². The number of aliphatic hydroxyl groups is 1. The van der Waals surface area contributed by atoms with Crippen LogP contribution in [0.3, 0.4) is 0 Å². The number of aromatic amines is 1. The number of hydrogen-bond donors (Lipinski definition) is 3. The van der Waals surface area contributed by atoms with E-state index < -0.39 is 29.6 Å². The molecule has 1 aliphatic heterocycles. The molecule has 2 atom stereocenters. The number of carbonyl (C=O) groups is 3. The third-order valence-corrected chi connectivity index (χ3v) is 7.30. The number of ether oxygens (including phenoxy) is 1. The first kappa shape index (κ1) is 29.4. The van der Waals surface area contributed by atoms with Crippen molar-refractivity contribution in [3.05, 3.63) is 70.9 Å². The molecular weight excluding hydrogens is 532 g/mol. The van der Waals surface area contributed by atoms with Crippen LogP contribution in [0.5, 0.6) is 0 Å². The van der Waals surface area contributed by atoms with Crippen molar-refractivity contribution in [1.82, 2.24) is 20.1 Å². The molecule has 1 fully saturated rings. The van der Waals surface area contributed by atoms with E-state index in [1.807, 2.05) is 51.1 Å². The van der Waals surface area contributed by atoms with Crippen molar-refractivity contribution in [2.45, 2.75) is 63.8 Å². The number of nitrogens with zero attached hydrogens (tertiary/aromatic N) is 2. The number of fused-ring (bicyclic) bond motifs is 1. The van der Waals surface area contributed by atoms with Crippen molar-refractivity contribution in [1.29, 1.82) is 0 Å². The molecule has 9 nitrogen and oxygen atoms in total. The van der Waals surface area contributed by atoms with Crippen LogP contribution >= 0.6 is 11.6 Å². The zero-order valence-corrected chi connectivity index (χ0v) is 24.1. The Balaban J connectivity index is 1.48. The number of aliphatic hydroxyl groups excluding tert-OH is 1. The van der Waals surface area contributed by atoms with E-state index in [0.717, 1.165) is 16.5 Å². The fraction of sp³-hybridized carbons (Fsp3) is 0.433. The summed E-state index contributed by atoms with van der Waals surface area (Å²) < 4.78 is 5.48. The molecule has 0 saturated carbocycles. The summed E-state index contributed by atoms with van der Waals surface area (Å²) >= 11 is 6.09. The maximum Gasteiger partial charge on any atom is 0.410 e. The Kier molecular flexibility index (Phi) is 9.05. The van der Waals surface area contributed by atoms with E-state index in [-0.39, 0.29) is 24.2 Å². The summed E-state index contributed by atoms with van der Waals surface area (Å²) in [5, 5.41) is 15.3. The number of rotatable bonds is 7. The van der Waals surface area contributed by atoms with E-state index >= 15 is 0 Å². The maximum atomic E-state index is 13.8. The highest BCUT2D eigenvalue weighted by atomic mass is 35.5. The lowest BCUT2D eigenvalue weighted by Gasteiger charge is -2.39. The van der Waals surface area contributed by atoms with Gasteiger partial charge in [-0.25, -0.2) is 4.79 Å². The SMILES string of the molecule is CN(C(=O)[C@H](NC(=O)c1cc2cc(Cl)ccc2[nH]1)[C@@H](O)Cc1ccccc1)C1CCN(C(=O)OC(C)(C)C)CC1. The van der Waals surface area contributed by atoms with Crippen LogP contribution in [0.15, 0.2) is 54.6 Å².